The van der Waals surface area contributed by atoms with E-state index in [4.69, 9.17) is 0 Å². The normalized spacial score (nSPS) is 21.6. The maximum atomic E-state index is 12.1. The van der Waals surface area contributed by atoms with Gasteiger partial charge in [0.2, 0.25) is 0 Å². The summed E-state index contributed by atoms with van der Waals surface area (Å²) in [6.07, 6.45) is 4.88. The summed E-state index contributed by atoms with van der Waals surface area (Å²) in [7, 11) is 1.79. The molecule has 0 radical (unpaired) electrons. The minimum atomic E-state index is -0.0366. The van der Waals surface area contributed by atoms with E-state index in [9.17, 15) is 4.79 Å². The molecule has 0 amide bonds. The van der Waals surface area contributed by atoms with Crippen molar-refractivity contribution in [3.63, 3.8) is 0 Å². The molecule has 82 valence electrons. The third-order valence-electron chi connectivity index (χ3n) is 2.75. The highest BCUT2D eigenvalue weighted by atomic mass is 79.9. The van der Waals surface area contributed by atoms with Crippen molar-refractivity contribution in [1.29, 1.82) is 0 Å². The fourth-order valence-electron chi connectivity index (χ4n) is 1.93. The van der Waals surface area contributed by atoms with Gasteiger partial charge < -0.3 is 5.32 Å². The van der Waals surface area contributed by atoms with Crippen molar-refractivity contribution in [3.05, 3.63) is 16.4 Å². The second-order valence-electron chi connectivity index (χ2n) is 3.83. The Balaban J connectivity index is 2.19. The highest BCUT2D eigenvalue weighted by Gasteiger charge is 2.25. The van der Waals surface area contributed by atoms with Gasteiger partial charge in [0.05, 0.1) is 16.7 Å². The van der Waals surface area contributed by atoms with Gasteiger partial charge in [-0.25, -0.2) is 0 Å². The molecule has 1 unspecified atom stereocenters. The number of rotatable bonds is 2. The second-order valence-corrected chi connectivity index (χ2v) is 4.69. The zero-order valence-electron chi connectivity index (χ0n) is 8.66. The van der Waals surface area contributed by atoms with Crippen molar-refractivity contribution in [2.24, 2.45) is 7.05 Å². The predicted molar refractivity (Wildman–Crippen MR) is 60.9 cm³/mol. The molecule has 1 fully saturated rings. The van der Waals surface area contributed by atoms with Gasteiger partial charge in [-0.2, -0.15) is 5.10 Å². The van der Waals surface area contributed by atoms with Gasteiger partial charge in [0, 0.05) is 7.05 Å². The summed E-state index contributed by atoms with van der Waals surface area (Å²) in [5.74, 6) is 0.140. The standard InChI is InChI=1S/C10H14BrN3O/c1-14-9(7(11)6-13-14)10(15)8-4-2-3-5-12-8/h6,8,12H,2-5H2,1H3. The van der Waals surface area contributed by atoms with Crippen molar-refractivity contribution in [2.75, 3.05) is 6.54 Å². The lowest BCUT2D eigenvalue weighted by atomic mass is 9.99. The Bertz CT molecular complexity index is 349. The molecule has 1 saturated heterocycles. The van der Waals surface area contributed by atoms with Crippen LogP contribution in [0.25, 0.3) is 0 Å². The number of ketones is 1. The molecule has 5 heteroatoms. The largest absolute Gasteiger partial charge is 0.307 e. The summed E-state index contributed by atoms with van der Waals surface area (Å²) < 4.78 is 2.41. The molecule has 0 spiro atoms. The van der Waals surface area contributed by atoms with Crippen LogP contribution in [0.4, 0.5) is 0 Å². The number of halogens is 1. The molecule has 1 aromatic rings. The summed E-state index contributed by atoms with van der Waals surface area (Å²) in [4.78, 5) is 12.1. The van der Waals surface area contributed by atoms with Crippen molar-refractivity contribution in [1.82, 2.24) is 15.1 Å². The average molecular weight is 272 g/mol. The van der Waals surface area contributed by atoms with Crippen LogP contribution >= 0.6 is 15.9 Å². The van der Waals surface area contributed by atoms with Crippen LogP contribution in [-0.4, -0.2) is 28.2 Å². The Morgan fingerprint density at radius 1 is 1.67 bits per heavy atom. The smallest absolute Gasteiger partial charge is 0.198 e. The molecule has 4 nitrogen and oxygen atoms in total. The summed E-state index contributed by atoms with van der Waals surface area (Å²) >= 11 is 3.35. The second kappa shape index (κ2) is 4.45. The van der Waals surface area contributed by atoms with E-state index in [2.05, 4.69) is 26.3 Å². The Morgan fingerprint density at radius 3 is 3.00 bits per heavy atom. The van der Waals surface area contributed by atoms with E-state index in [1.807, 2.05) is 0 Å². The number of aromatic nitrogens is 2. The number of aryl methyl sites for hydroxylation is 1. The monoisotopic (exact) mass is 271 g/mol. The maximum absolute atomic E-state index is 12.1. The maximum Gasteiger partial charge on any atom is 0.198 e. The van der Waals surface area contributed by atoms with Crippen LogP contribution in [-0.2, 0) is 7.05 Å². The molecule has 0 saturated carbocycles. The number of hydrogen-bond acceptors (Lipinski definition) is 3. The lowest BCUT2D eigenvalue weighted by molar-refractivity contribution is 0.0917. The van der Waals surface area contributed by atoms with Crippen LogP contribution in [0.5, 0.6) is 0 Å². The van der Waals surface area contributed by atoms with E-state index < -0.39 is 0 Å². The lowest BCUT2D eigenvalue weighted by Gasteiger charge is -2.22. The van der Waals surface area contributed by atoms with E-state index in [-0.39, 0.29) is 11.8 Å². The molecule has 1 aliphatic heterocycles. The molecular formula is C10H14BrN3O. The first-order valence-corrected chi connectivity index (χ1v) is 5.94. The third-order valence-corrected chi connectivity index (χ3v) is 3.33. The molecule has 0 bridgehead atoms. The third kappa shape index (κ3) is 2.13. The fraction of sp³-hybridized carbons (Fsp3) is 0.600. The summed E-state index contributed by atoms with van der Waals surface area (Å²) in [5, 5.41) is 7.30. The number of carbonyl (C=O) groups is 1. The minimum absolute atomic E-state index is 0.0366. The van der Waals surface area contributed by atoms with Crippen molar-refractivity contribution in [3.8, 4) is 0 Å². The van der Waals surface area contributed by atoms with E-state index >= 15 is 0 Å². The van der Waals surface area contributed by atoms with E-state index in [1.54, 1.807) is 17.9 Å². The quantitative estimate of drug-likeness (QED) is 0.830. The molecule has 15 heavy (non-hydrogen) atoms. The molecule has 1 aromatic heterocycles. The van der Waals surface area contributed by atoms with Crippen LogP contribution in [0.1, 0.15) is 29.8 Å². The van der Waals surface area contributed by atoms with Crippen LogP contribution in [0.2, 0.25) is 0 Å². The van der Waals surface area contributed by atoms with Gasteiger partial charge in [-0.05, 0) is 35.3 Å². The number of piperidine rings is 1. The Morgan fingerprint density at radius 2 is 2.47 bits per heavy atom. The van der Waals surface area contributed by atoms with Gasteiger partial charge in [-0.3, -0.25) is 9.48 Å². The van der Waals surface area contributed by atoms with Gasteiger partial charge in [-0.15, -0.1) is 0 Å². The molecular weight excluding hydrogens is 258 g/mol. The molecule has 1 atom stereocenters. The molecule has 1 aliphatic rings. The highest BCUT2D eigenvalue weighted by Crippen LogP contribution is 2.19. The molecule has 1 N–H and O–H groups in total. The zero-order chi connectivity index (χ0) is 10.8. The number of carbonyl (C=O) groups excluding carboxylic acids is 1. The summed E-state index contributed by atoms with van der Waals surface area (Å²) in [6.45, 7) is 0.936. The SMILES string of the molecule is Cn1ncc(Br)c1C(=O)C1CCCCN1. The van der Waals surface area contributed by atoms with Crippen LogP contribution < -0.4 is 5.32 Å². The van der Waals surface area contributed by atoms with E-state index in [0.29, 0.717) is 5.69 Å². The van der Waals surface area contributed by atoms with Gasteiger partial charge in [0.25, 0.3) is 0 Å². The molecule has 2 rings (SSSR count). The Kier molecular flexibility index (Phi) is 3.21. The first-order valence-electron chi connectivity index (χ1n) is 5.15. The van der Waals surface area contributed by atoms with Crippen molar-refractivity contribution < 1.29 is 4.79 Å². The number of hydrogen-bond donors (Lipinski definition) is 1. The average Bonchev–Trinajstić information content (AvgIpc) is 2.59. The number of nitrogens with zero attached hydrogens (tertiary/aromatic N) is 2. The first kappa shape index (κ1) is 10.8. The lowest BCUT2D eigenvalue weighted by Crippen LogP contribution is -2.41. The van der Waals surface area contributed by atoms with Crippen molar-refractivity contribution >= 4 is 21.7 Å². The Labute approximate surface area is 97.2 Å². The van der Waals surface area contributed by atoms with Crippen LogP contribution in [0.3, 0.4) is 0 Å². The Hall–Kier alpha value is -0.680. The first-order chi connectivity index (χ1) is 7.20. The molecule has 0 aromatic carbocycles. The van der Waals surface area contributed by atoms with Crippen LogP contribution in [0, 0.1) is 0 Å². The van der Waals surface area contributed by atoms with Crippen LogP contribution in [0.15, 0.2) is 10.7 Å². The van der Waals surface area contributed by atoms with E-state index in [1.165, 1.54) is 0 Å². The predicted octanol–water partition coefficient (Wildman–Crippen LogP) is 1.51. The fourth-order valence-corrected chi connectivity index (χ4v) is 2.47. The van der Waals surface area contributed by atoms with Gasteiger partial charge in [-0.1, -0.05) is 6.42 Å². The molecule has 2 heterocycles. The number of nitrogens with one attached hydrogen (secondary N) is 1. The van der Waals surface area contributed by atoms with Crippen molar-refractivity contribution in [2.45, 2.75) is 25.3 Å². The van der Waals surface area contributed by atoms with Gasteiger partial charge in [0.1, 0.15) is 5.69 Å². The van der Waals surface area contributed by atoms with E-state index in [0.717, 1.165) is 30.3 Å². The highest BCUT2D eigenvalue weighted by molar-refractivity contribution is 9.10. The van der Waals surface area contributed by atoms with Gasteiger partial charge in [0.15, 0.2) is 5.78 Å². The molecule has 0 aliphatic carbocycles. The summed E-state index contributed by atoms with van der Waals surface area (Å²) in [5.41, 5.74) is 0.661. The topological polar surface area (TPSA) is 46.9 Å². The zero-order valence-corrected chi connectivity index (χ0v) is 10.2. The number of Topliss-reactive ketones (excluding diaryl/α,β-unsaturated/α-hetero) is 1. The van der Waals surface area contributed by atoms with Gasteiger partial charge >= 0.3 is 0 Å². The minimum Gasteiger partial charge on any atom is -0.307 e. The summed E-state index contributed by atoms with van der Waals surface area (Å²) in [6, 6.07) is -0.0366.